The number of fused-ring (bicyclic) bond motifs is 1. The number of nitrogens with zero attached hydrogens (tertiary/aromatic N) is 1. The zero-order valence-corrected chi connectivity index (χ0v) is 23.9. The molecule has 2 fully saturated rings. The number of amides is 3. The molecule has 0 saturated carbocycles. The molecule has 7 heteroatoms. The van der Waals surface area contributed by atoms with Crippen LogP contribution in [0.1, 0.15) is 41.6 Å². The van der Waals surface area contributed by atoms with Crippen LogP contribution in [-0.2, 0) is 11.2 Å². The van der Waals surface area contributed by atoms with Crippen molar-refractivity contribution in [1.82, 2.24) is 5.32 Å². The first-order valence-electron chi connectivity index (χ1n) is 15.0. The molecule has 1 atom stereocenters. The van der Waals surface area contributed by atoms with Crippen molar-refractivity contribution in [3.63, 3.8) is 0 Å². The fourth-order valence-electron chi connectivity index (χ4n) is 6.12. The topological polar surface area (TPSA) is 82.7 Å². The Morgan fingerprint density at radius 2 is 1.62 bits per heavy atom. The molecule has 42 heavy (non-hydrogen) atoms. The van der Waals surface area contributed by atoms with Crippen molar-refractivity contribution in [2.24, 2.45) is 5.92 Å². The number of hydrogen-bond acceptors (Lipinski definition) is 4. The number of rotatable bonds is 8. The highest BCUT2D eigenvalue weighted by molar-refractivity contribution is 6.07. The number of carbonyl (C=O) groups is 2. The van der Waals surface area contributed by atoms with Crippen molar-refractivity contribution in [2.75, 3.05) is 41.8 Å². The summed E-state index contributed by atoms with van der Waals surface area (Å²) in [5, 5.41) is 11.0. The molecule has 0 bridgehead atoms. The number of benzene rings is 4. The van der Waals surface area contributed by atoms with Crippen LogP contribution >= 0.6 is 0 Å². The van der Waals surface area contributed by atoms with Gasteiger partial charge < -0.3 is 25.6 Å². The minimum atomic E-state index is -0.355. The second-order valence-corrected chi connectivity index (χ2v) is 11.3. The lowest BCUT2D eigenvalue weighted by Gasteiger charge is -2.35. The molecule has 2 heterocycles. The van der Waals surface area contributed by atoms with E-state index in [1.807, 2.05) is 54.6 Å². The van der Waals surface area contributed by atoms with Crippen molar-refractivity contribution in [1.29, 1.82) is 0 Å². The zero-order valence-electron chi connectivity index (χ0n) is 23.9. The average molecular weight is 563 g/mol. The van der Waals surface area contributed by atoms with E-state index in [1.165, 1.54) is 5.56 Å². The fraction of sp³-hybridized carbons (Fsp3) is 0.314. The first kappa shape index (κ1) is 27.8. The van der Waals surface area contributed by atoms with E-state index in [4.69, 9.17) is 4.74 Å². The summed E-state index contributed by atoms with van der Waals surface area (Å²) in [6, 6.07) is 29.7. The lowest BCUT2D eigenvalue weighted by Crippen LogP contribution is -2.37. The lowest BCUT2D eigenvalue weighted by atomic mass is 9.89. The molecule has 6 rings (SSSR count). The van der Waals surface area contributed by atoms with Gasteiger partial charge in [0.25, 0.3) is 5.91 Å². The van der Waals surface area contributed by atoms with Gasteiger partial charge in [-0.3, -0.25) is 4.79 Å². The Kier molecular flexibility index (Phi) is 8.66. The highest BCUT2D eigenvalue weighted by Gasteiger charge is 2.25. The molecule has 0 radical (unpaired) electrons. The van der Waals surface area contributed by atoms with Gasteiger partial charge in [0.05, 0.1) is 17.4 Å². The van der Waals surface area contributed by atoms with E-state index in [-0.39, 0.29) is 18.0 Å². The minimum absolute atomic E-state index is 0.0545. The highest BCUT2D eigenvalue weighted by atomic mass is 16.5. The van der Waals surface area contributed by atoms with Crippen LogP contribution in [-0.4, -0.2) is 44.3 Å². The summed E-state index contributed by atoms with van der Waals surface area (Å²) in [7, 11) is 0. The second-order valence-electron chi connectivity index (χ2n) is 11.3. The average Bonchev–Trinajstić information content (AvgIpc) is 3.55. The second kappa shape index (κ2) is 13.1. The van der Waals surface area contributed by atoms with Crippen molar-refractivity contribution < 1.29 is 14.3 Å². The predicted octanol–water partition coefficient (Wildman–Crippen LogP) is 6.85. The molecule has 0 aromatic heterocycles. The van der Waals surface area contributed by atoms with Crippen molar-refractivity contribution >= 4 is 39.8 Å². The Labute approximate surface area is 247 Å². The molecule has 7 nitrogen and oxygen atoms in total. The van der Waals surface area contributed by atoms with Gasteiger partial charge >= 0.3 is 6.03 Å². The van der Waals surface area contributed by atoms with Crippen molar-refractivity contribution in [2.45, 2.75) is 38.2 Å². The monoisotopic (exact) mass is 562 g/mol. The molecule has 3 N–H and O–H groups in total. The minimum Gasteiger partial charge on any atom is -0.376 e. The lowest BCUT2D eigenvalue weighted by molar-refractivity contribution is 0.0858. The third kappa shape index (κ3) is 6.74. The first-order chi connectivity index (χ1) is 20.6. The Morgan fingerprint density at radius 1 is 0.833 bits per heavy atom. The summed E-state index contributed by atoms with van der Waals surface area (Å²) < 4.78 is 5.72. The quantitative estimate of drug-likeness (QED) is 0.219. The predicted molar refractivity (Wildman–Crippen MR) is 169 cm³/mol. The molecule has 216 valence electrons. The van der Waals surface area contributed by atoms with Gasteiger partial charge in [0.1, 0.15) is 0 Å². The van der Waals surface area contributed by atoms with Gasteiger partial charge in [-0.2, -0.15) is 0 Å². The number of carbonyl (C=O) groups excluding carboxylic acids is 2. The molecule has 0 aliphatic carbocycles. The molecule has 2 saturated heterocycles. The van der Waals surface area contributed by atoms with Crippen LogP contribution in [0.3, 0.4) is 0 Å². The van der Waals surface area contributed by atoms with Crippen LogP contribution in [0.2, 0.25) is 0 Å². The molecule has 0 unspecified atom stereocenters. The van der Waals surface area contributed by atoms with E-state index in [0.29, 0.717) is 23.7 Å². The van der Waals surface area contributed by atoms with Crippen LogP contribution in [0.4, 0.5) is 21.9 Å². The molecule has 2 aliphatic heterocycles. The Bertz CT molecular complexity index is 1520. The highest BCUT2D eigenvalue weighted by Crippen LogP contribution is 2.31. The first-order valence-corrected chi connectivity index (χ1v) is 15.0. The number of ether oxygens (including phenoxy) is 1. The van der Waals surface area contributed by atoms with Gasteiger partial charge in [-0.25, -0.2) is 4.79 Å². The number of nitrogens with one attached hydrogen (secondary N) is 3. The van der Waals surface area contributed by atoms with E-state index >= 15 is 0 Å². The molecular weight excluding hydrogens is 524 g/mol. The summed E-state index contributed by atoms with van der Waals surface area (Å²) in [6.45, 7) is 3.00. The standard InChI is InChI=1S/C35H38N4O3/c40-34(36-24-29-12-7-21-42-29)31-23-28(37-35(41)38-32-14-6-11-27-10-4-5-13-30(27)32)15-16-33(31)39-19-17-26(18-20-39)22-25-8-2-1-3-9-25/h1-6,8-11,13-16,23,26,29H,7,12,17-22,24H2,(H,36,40)(H2,37,38,41)/t29-/m1/s1. The summed E-state index contributed by atoms with van der Waals surface area (Å²) in [5.41, 5.74) is 4.14. The number of hydrogen-bond donors (Lipinski definition) is 3. The molecular formula is C35H38N4O3. The van der Waals surface area contributed by atoms with Crippen molar-refractivity contribution in [3.05, 3.63) is 102 Å². The van der Waals surface area contributed by atoms with Gasteiger partial charge in [-0.1, -0.05) is 66.7 Å². The normalized spacial score (nSPS) is 17.2. The van der Waals surface area contributed by atoms with Gasteiger partial charge in [0.15, 0.2) is 0 Å². The number of piperidine rings is 1. The Morgan fingerprint density at radius 3 is 2.43 bits per heavy atom. The fourth-order valence-corrected chi connectivity index (χ4v) is 6.12. The van der Waals surface area contributed by atoms with E-state index in [2.05, 4.69) is 51.2 Å². The van der Waals surface area contributed by atoms with Gasteiger partial charge in [-0.05, 0) is 73.2 Å². The van der Waals surface area contributed by atoms with Crippen LogP contribution in [0, 0.1) is 5.92 Å². The maximum atomic E-state index is 13.5. The van der Waals surface area contributed by atoms with Crippen LogP contribution in [0.25, 0.3) is 10.8 Å². The maximum Gasteiger partial charge on any atom is 0.323 e. The molecule has 0 spiro atoms. The largest absolute Gasteiger partial charge is 0.376 e. The third-order valence-corrected chi connectivity index (χ3v) is 8.37. The van der Waals surface area contributed by atoms with E-state index in [1.54, 1.807) is 6.07 Å². The smallest absolute Gasteiger partial charge is 0.323 e. The van der Waals surface area contributed by atoms with Crippen LogP contribution in [0.5, 0.6) is 0 Å². The van der Waals surface area contributed by atoms with Gasteiger partial charge in [0.2, 0.25) is 0 Å². The third-order valence-electron chi connectivity index (χ3n) is 8.37. The number of anilines is 3. The van der Waals surface area contributed by atoms with Crippen LogP contribution < -0.4 is 20.9 Å². The van der Waals surface area contributed by atoms with Gasteiger partial charge in [-0.15, -0.1) is 0 Å². The van der Waals surface area contributed by atoms with E-state index in [9.17, 15) is 9.59 Å². The molecule has 3 amide bonds. The van der Waals surface area contributed by atoms with Crippen molar-refractivity contribution in [3.8, 4) is 0 Å². The SMILES string of the molecule is O=C(Nc1ccc(N2CCC(Cc3ccccc3)CC2)c(C(=O)NC[C@H]2CCCO2)c1)Nc1cccc2ccccc12. The summed E-state index contributed by atoms with van der Waals surface area (Å²) in [4.78, 5) is 28.9. The maximum absolute atomic E-state index is 13.5. The Balaban J connectivity index is 1.16. The molecule has 2 aliphatic rings. The summed E-state index contributed by atoms with van der Waals surface area (Å²) in [5.74, 6) is 0.476. The summed E-state index contributed by atoms with van der Waals surface area (Å²) >= 11 is 0. The van der Waals surface area contributed by atoms with Gasteiger partial charge in [0, 0.05) is 43.0 Å². The molecule has 4 aromatic carbocycles. The van der Waals surface area contributed by atoms with E-state index < -0.39 is 0 Å². The summed E-state index contributed by atoms with van der Waals surface area (Å²) in [6.07, 6.45) is 5.25. The Hall–Kier alpha value is -4.36. The number of urea groups is 1. The van der Waals surface area contributed by atoms with E-state index in [0.717, 1.165) is 73.9 Å². The molecule has 4 aromatic rings. The zero-order chi connectivity index (χ0) is 28.7. The van der Waals surface area contributed by atoms with Crippen LogP contribution in [0.15, 0.2) is 91.0 Å².